The molecule has 1 aromatic heterocycles. The minimum Gasteiger partial charge on any atom is -0.351 e. The lowest BCUT2D eigenvalue weighted by Gasteiger charge is -2.34. The Morgan fingerprint density at radius 2 is 2.11 bits per heavy atom. The Hall–Kier alpha value is -1.21. The van der Waals surface area contributed by atoms with Gasteiger partial charge in [-0.1, -0.05) is 11.6 Å². The van der Waals surface area contributed by atoms with Crippen LogP contribution in [0.3, 0.4) is 0 Å². The predicted octanol–water partition coefficient (Wildman–Crippen LogP) is 0.874. The van der Waals surface area contributed by atoms with Crippen LogP contribution in [0, 0.1) is 6.92 Å². The van der Waals surface area contributed by atoms with Crippen LogP contribution in [0.1, 0.15) is 23.1 Å². The summed E-state index contributed by atoms with van der Waals surface area (Å²) < 4.78 is 23.1. The van der Waals surface area contributed by atoms with E-state index in [1.165, 1.54) is 0 Å². The number of hydrogen-bond acceptors (Lipinski definition) is 6. The summed E-state index contributed by atoms with van der Waals surface area (Å²) in [4.78, 5) is 21.1. The van der Waals surface area contributed by atoms with Gasteiger partial charge in [0.1, 0.15) is 16.8 Å². The lowest BCUT2D eigenvalue weighted by molar-refractivity contribution is 0.112. The molecule has 0 spiro atoms. The van der Waals surface area contributed by atoms with Crippen LogP contribution in [-0.2, 0) is 9.84 Å². The Balaban J connectivity index is 2.45. The number of nitrogens with zero attached hydrogens (tertiary/aromatic N) is 3. The number of aryl methyl sites for hydroxylation is 1. The molecular formula is C11H14ClN3O3S. The summed E-state index contributed by atoms with van der Waals surface area (Å²) in [5.41, 5.74) is 0.207. The normalized spacial score (nSPS) is 22.3. The minimum absolute atomic E-state index is 0.0476. The zero-order valence-corrected chi connectivity index (χ0v) is 12.2. The standard InChI is InChI=1S/C11H14ClN3O3S/c1-7-6-19(17,18)4-3-15(7)11-9(5-16)10(12)13-8(2)14-11/h5,7H,3-4,6H2,1-2H3. The molecule has 0 bridgehead atoms. The Morgan fingerprint density at radius 3 is 2.68 bits per heavy atom. The van der Waals surface area contributed by atoms with Gasteiger partial charge in [-0.2, -0.15) is 0 Å². The van der Waals surface area contributed by atoms with Crippen LogP contribution in [0.15, 0.2) is 0 Å². The summed E-state index contributed by atoms with van der Waals surface area (Å²) in [6, 6.07) is -0.247. The summed E-state index contributed by atoms with van der Waals surface area (Å²) in [7, 11) is -3.02. The van der Waals surface area contributed by atoms with Crippen LogP contribution in [0.5, 0.6) is 0 Å². The summed E-state index contributed by atoms with van der Waals surface area (Å²) in [6.07, 6.45) is 0.604. The zero-order chi connectivity index (χ0) is 14.2. The molecule has 6 nitrogen and oxygen atoms in total. The molecule has 0 aliphatic carbocycles. The Labute approximate surface area is 116 Å². The number of sulfone groups is 1. The van der Waals surface area contributed by atoms with E-state index >= 15 is 0 Å². The average Bonchev–Trinajstić information content (AvgIpc) is 2.26. The lowest BCUT2D eigenvalue weighted by Crippen LogP contribution is -2.47. The fourth-order valence-corrected chi connectivity index (χ4v) is 3.97. The van der Waals surface area contributed by atoms with Crippen molar-refractivity contribution < 1.29 is 13.2 Å². The molecule has 19 heavy (non-hydrogen) atoms. The molecule has 0 saturated carbocycles. The maximum atomic E-state index is 11.6. The Bertz CT molecular complexity index is 618. The van der Waals surface area contributed by atoms with Gasteiger partial charge in [0.25, 0.3) is 0 Å². The van der Waals surface area contributed by atoms with Gasteiger partial charge in [0.05, 0.1) is 17.1 Å². The van der Waals surface area contributed by atoms with E-state index in [1.54, 1.807) is 18.7 Å². The maximum absolute atomic E-state index is 11.6. The van der Waals surface area contributed by atoms with E-state index in [9.17, 15) is 13.2 Å². The van der Waals surface area contributed by atoms with Gasteiger partial charge in [0, 0.05) is 12.6 Å². The number of carbonyl (C=O) groups excluding carboxylic acids is 1. The maximum Gasteiger partial charge on any atom is 0.156 e. The van der Waals surface area contributed by atoms with Crippen molar-refractivity contribution in [3.63, 3.8) is 0 Å². The predicted molar refractivity (Wildman–Crippen MR) is 72.6 cm³/mol. The van der Waals surface area contributed by atoms with Crippen molar-refractivity contribution in [2.45, 2.75) is 19.9 Å². The smallest absolute Gasteiger partial charge is 0.156 e. The first-order chi connectivity index (χ1) is 8.84. The van der Waals surface area contributed by atoms with Gasteiger partial charge in [-0.15, -0.1) is 0 Å². The lowest BCUT2D eigenvalue weighted by atomic mass is 10.2. The van der Waals surface area contributed by atoms with Gasteiger partial charge in [0.15, 0.2) is 16.1 Å². The molecular weight excluding hydrogens is 290 g/mol. The van der Waals surface area contributed by atoms with Crippen molar-refractivity contribution >= 4 is 33.5 Å². The van der Waals surface area contributed by atoms with Crippen molar-refractivity contribution in [1.82, 2.24) is 9.97 Å². The highest BCUT2D eigenvalue weighted by Gasteiger charge is 2.31. The molecule has 2 rings (SSSR count). The second kappa shape index (κ2) is 5.05. The number of rotatable bonds is 2. The quantitative estimate of drug-likeness (QED) is 0.596. The van der Waals surface area contributed by atoms with Gasteiger partial charge < -0.3 is 4.90 Å². The summed E-state index contributed by atoms with van der Waals surface area (Å²) in [5, 5.41) is 0.0955. The first-order valence-electron chi connectivity index (χ1n) is 5.80. The van der Waals surface area contributed by atoms with E-state index in [2.05, 4.69) is 9.97 Å². The van der Waals surface area contributed by atoms with Crippen LogP contribution >= 0.6 is 11.6 Å². The SMILES string of the molecule is Cc1nc(Cl)c(C=O)c(N2CCS(=O)(=O)CC2C)n1. The molecule has 1 aromatic rings. The average molecular weight is 304 g/mol. The molecule has 104 valence electrons. The molecule has 1 aliphatic heterocycles. The van der Waals surface area contributed by atoms with Gasteiger partial charge in [0.2, 0.25) is 0 Å². The van der Waals surface area contributed by atoms with E-state index < -0.39 is 9.84 Å². The number of carbonyl (C=O) groups is 1. The topological polar surface area (TPSA) is 80.2 Å². The molecule has 1 unspecified atom stereocenters. The summed E-state index contributed by atoms with van der Waals surface area (Å²) >= 11 is 5.93. The minimum atomic E-state index is -3.02. The van der Waals surface area contributed by atoms with Crippen molar-refractivity contribution in [3.05, 3.63) is 16.5 Å². The van der Waals surface area contributed by atoms with Gasteiger partial charge in [-0.3, -0.25) is 4.79 Å². The zero-order valence-electron chi connectivity index (χ0n) is 10.6. The molecule has 8 heteroatoms. The van der Waals surface area contributed by atoms with Crippen LogP contribution < -0.4 is 4.90 Å². The third kappa shape index (κ3) is 2.87. The van der Waals surface area contributed by atoms with Crippen molar-refractivity contribution in [2.75, 3.05) is 23.0 Å². The summed E-state index contributed by atoms with van der Waals surface area (Å²) in [5.74, 6) is 0.962. The fraction of sp³-hybridized carbons (Fsp3) is 0.545. The van der Waals surface area contributed by atoms with E-state index in [1.807, 2.05) is 0 Å². The third-order valence-corrected chi connectivity index (χ3v) is 5.13. The molecule has 0 N–H and O–H groups in total. The van der Waals surface area contributed by atoms with Gasteiger partial charge >= 0.3 is 0 Å². The van der Waals surface area contributed by atoms with Crippen LogP contribution in [-0.4, -0.2) is 48.8 Å². The molecule has 1 fully saturated rings. The van der Waals surface area contributed by atoms with Crippen LogP contribution in [0.2, 0.25) is 5.15 Å². The summed E-state index contributed by atoms with van der Waals surface area (Å²) in [6.45, 7) is 3.77. The third-order valence-electron chi connectivity index (χ3n) is 3.05. The highest BCUT2D eigenvalue weighted by Crippen LogP contribution is 2.26. The number of halogens is 1. The van der Waals surface area contributed by atoms with E-state index in [4.69, 9.17) is 11.6 Å². The molecule has 0 aromatic carbocycles. The first-order valence-corrected chi connectivity index (χ1v) is 8.00. The van der Waals surface area contributed by atoms with E-state index in [0.29, 0.717) is 24.5 Å². The Kier molecular flexibility index (Phi) is 3.78. The number of aromatic nitrogens is 2. The van der Waals surface area contributed by atoms with Gasteiger partial charge in [-0.25, -0.2) is 18.4 Å². The number of hydrogen-bond donors (Lipinski definition) is 0. The molecule has 1 saturated heterocycles. The van der Waals surface area contributed by atoms with Gasteiger partial charge in [-0.05, 0) is 13.8 Å². The van der Waals surface area contributed by atoms with Crippen molar-refractivity contribution in [3.8, 4) is 0 Å². The van der Waals surface area contributed by atoms with Crippen molar-refractivity contribution in [1.29, 1.82) is 0 Å². The van der Waals surface area contributed by atoms with E-state index in [0.717, 1.165) is 0 Å². The highest BCUT2D eigenvalue weighted by molar-refractivity contribution is 7.91. The number of anilines is 1. The van der Waals surface area contributed by atoms with Crippen LogP contribution in [0.4, 0.5) is 5.82 Å². The second-order valence-electron chi connectivity index (χ2n) is 4.57. The molecule has 0 radical (unpaired) electrons. The largest absolute Gasteiger partial charge is 0.351 e. The molecule has 0 amide bonds. The number of aldehydes is 1. The highest BCUT2D eigenvalue weighted by atomic mass is 35.5. The second-order valence-corrected chi connectivity index (χ2v) is 7.16. The van der Waals surface area contributed by atoms with E-state index in [-0.39, 0.29) is 28.3 Å². The molecule has 1 aliphatic rings. The van der Waals surface area contributed by atoms with Crippen molar-refractivity contribution in [2.24, 2.45) is 0 Å². The Morgan fingerprint density at radius 1 is 1.42 bits per heavy atom. The van der Waals surface area contributed by atoms with Crippen LogP contribution in [0.25, 0.3) is 0 Å². The molecule has 1 atom stereocenters. The molecule has 2 heterocycles. The first kappa shape index (κ1) is 14.2. The monoisotopic (exact) mass is 303 g/mol. The fourth-order valence-electron chi connectivity index (χ4n) is 2.17.